The predicted molar refractivity (Wildman–Crippen MR) is 56.0 cm³/mol. The molecule has 0 bridgehead atoms. The van der Waals surface area contributed by atoms with Crippen molar-refractivity contribution in [3.05, 3.63) is 29.3 Å². The van der Waals surface area contributed by atoms with Crippen molar-refractivity contribution >= 4 is 0 Å². The Kier molecular flexibility index (Phi) is 2.43. The third kappa shape index (κ3) is 1.59. The second kappa shape index (κ2) is 3.73. The lowest BCUT2D eigenvalue weighted by Crippen LogP contribution is -2.19. The molecular formula is C12H13NO. The van der Waals surface area contributed by atoms with Crippen LogP contribution in [-0.2, 0) is 6.42 Å². The van der Waals surface area contributed by atoms with Crippen molar-refractivity contribution in [3.63, 3.8) is 0 Å². The molecule has 2 rings (SSSR count). The van der Waals surface area contributed by atoms with Gasteiger partial charge in [0, 0.05) is 6.04 Å². The molecule has 1 unspecified atom stereocenters. The molecule has 2 N–H and O–H groups in total. The number of phenols is 1. The Balaban J connectivity index is 2.21. The molecule has 0 radical (unpaired) electrons. The molecule has 0 aliphatic heterocycles. The fourth-order valence-corrected chi connectivity index (χ4v) is 1.98. The molecule has 0 heterocycles. The van der Waals surface area contributed by atoms with Crippen LogP contribution < -0.4 is 5.32 Å². The minimum absolute atomic E-state index is 0.313. The number of benzene rings is 1. The Morgan fingerprint density at radius 3 is 3.21 bits per heavy atom. The SMILES string of the molecule is C#CCNC1CCc2ccc(O)cc21. The molecule has 2 nitrogen and oxygen atoms in total. The highest BCUT2D eigenvalue weighted by Crippen LogP contribution is 2.33. The summed E-state index contributed by atoms with van der Waals surface area (Å²) in [5, 5.41) is 12.6. The van der Waals surface area contributed by atoms with E-state index in [1.54, 1.807) is 6.07 Å². The number of aromatic hydroxyl groups is 1. The molecule has 0 saturated heterocycles. The van der Waals surface area contributed by atoms with Crippen LogP contribution in [0.2, 0.25) is 0 Å². The fraction of sp³-hybridized carbons (Fsp3) is 0.333. The first-order valence-electron chi connectivity index (χ1n) is 4.80. The first-order chi connectivity index (χ1) is 6.81. The predicted octanol–water partition coefficient (Wildman–Crippen LogP) is 1.60. The molecule has 72 valence electrons. The van der Waals surface area contributed by atoms with Gasteiger partial charge in [-0.1, -0.05) is 12.0 Å². The van der Waals surface area contributed by atoms with Gasteiger partial charge in [0.1, 0.15) is 5.75 Å². The summed E-state index contributed by atoms with van der Waals surface area (Å²) in [6, 6.07) is 5.87. The van der Waals surface area contributed by atoms with E-state index in [4.69, 9.17) is 6.42 Å². The van der Waals surface area contributed by atoms with Crippen LogP contribution >= 0.6 is 0 Å². The summed E-state index contributed by atoms with van der Waals surface area (Å²) in [5.74, 6) is 2.90. The molecule has 0 amide bonds. The lowest BCUT2D eigenvalue weighted by molar-refractivity contribution is 0.472. The van der Waals surface area contributed by atoms with Crippen molar-refractivity contribution in [2.75, 3.05) is 6.54 Å². The minimum atomic E-state index is 0.313. The van der Waals surface area contributed by atoms with E-state index in [1.807, 2.05) is 12.1 Å². The molecule has 1 aliphatic carbocycles. The third-order valence-corrected chi connectivity index (χ3v) is 2.66. The van der Waals surface area contributed by atoms with Crippen LogP contribution in [0.25, 0.3) is 0 Å². The summed E-state index contributed by atoms with van der Waals surface area (Å²) >= 11 is 0. The highest BCUT2D eigenvalue weighted by atomic mass is 16.3. The van der Waals surface area contributed by atoms with Crippen LogP contribution in [0.5, 0.6) is 5.75 Å². The van der Waals surface area contributed by atoms with Gasteiger partial charge in [0.15, 0.2) is 0 Å². The van der Waals surface area contributed by atoms with Crippen LogP contribution in [0.15, 0.2) is 18.2 Å². The normalized spacial score (nSPS) is 18.9. The zero-order valence-corrected chi connectivity index (χ0v) is 7.96. The molecule has 2 heteroatoms. The van der Waals surface area contributed by atoms with Crippen molar-refractivity contribution in [3.8, 4) is 18.1 Å². The summed E-state index contributed by atoms with van der Waals surface area (Å²) in [6.07, 6.45) is 7.33. The number of hydrogen-bond donors (Lipinski definition) is 2. The molecule has 1 atom stereocenters. The zero-order chi connectivity index (χ0) is 9.97. The summed E-state index contributed by atoms with van der Waals surface area (Å²) in [7, 11) is 0. The number of rotatable bonds is 2. The molecular weight excluding hydrogens is 174 g/mol. The van der Waals surface area contributed by atoms with Crippen molar-refractivity contribution in [2.45, 2.75) is 18.9 Å². The van der Waals surface area contributed by atoms with E-state index in [0.29, 0.717) is 18.3 Å². The molecule has 1 aromatic rings. The lowest BCUT2D eigenvalue weighted by atomic mass is 10.1. The van der Waals surface area contributed by atoms with Gasteiger partial charge < -0.3 is 5.11 Å². The van der Waals surface area contributed by atoms with E-state index in [9.17, 15) is 5.11 Å². The Hall–Kier alpha value is -1.46. The van der Waals surface area contributed by atoms with Crippen LogP contribution in [-0.4, -0.2) is 11.7 Å². The van der Waals surface area contributed by atoms with Crippen LogP contribution in [0.1, 0.15) is 23.6 Å². The van der Waals surface area contributed by atoms with E-state index in [-0.39, 0.29) is 0 Å². The maximum Gasteiger partial charge on any atom is 0.115 e. The largest absolute Gasteiger partial charge is 0.508 e. The molecule has 0 fully saturated rings. The Morgan fingerprint density at radius 2 is 2.43 bits per heavy atom. The van der Waals surface area contributed by atoms with E-state index in [0.717, 1.165) is 12.8 Å². The van der Waals surface area contributed by atoms with Gasteiger partial charge in [-0.05, 0) is 36.1 Å². The molecule has 1 aromatic carbocycles. The molecule has 1 aliphatic rings. The van der Waals surface area contributed by atoms with Crippen molar-refractivity contribution < 1.29 is 5.11 Å². The van der Waals surface area contributed by atoms with Gasteiger partial charge >= 0.3 is 0 Å². The van der Waals surface area contributed by atoms with Crippen LogP contribution in [0.3, 0.4) is 0 Å². The lowest BCUT2D eigenvalue weighted by Gasteiger charge is -2.11. The second-order valence-corrected chi connectivity index (χ2v) is 3.56. The summed E-state index contributed by atoms with van der Waals surface area (Å²) < 4.78 is 0. The van der Waals surface area contributed by atoms with Gasteiger partial charge in [0.05, 0.1) is 6.54 Å². The number of terminal acetylenes is 1. The topological polar surface area (TPSA) is 32.3 Å². The van der Waals surface area contributed by atoms with Crippen molar-refractivity contribution in [1.29, 1.82) is 0 Å². The Bertz CT molecular complexity index is 378. The first kappa shape index (κ1) is 9.11. The second-order valence-electron chi connectivity index (χ2n) is 3.56. The van der Waals surface area contributed by atoms with E-state index < -0.39 is 0 Å². The number of aryl methyl sites for hydroxylation is 1. The van der Waals surface area contributed by atoms with E-state index >= 15 is 0 Å². The summed E-state index contributed by atoms with van der Waals surface area (Å²) in [5.41, 5.74) is 2.51. The first-order valence-corrected chi connectivity index (χ1v) is 4.80. The molecule has 14 heavy (non-hydrogen) atoms. The quantitative estimate of drug-likeness (QED) is 0.689. The summed E-state index contributed by atoms with van der Waals surface area (Å²) in [4.78, 5) is 0. The van der Waals surface area contributed by atoms with Crippen molar-refractivity contribution in [2.24, 2.45) is 0 Å². The van der Waals surface area contributed by atoms with Gasteiger partial charge in [-0.25, -0.2) is 0 Å². The third-order valence-electron chi connectivity index (χ3n) is 2.66. The molecule has 0 saturated carbocycles. The monoisotopic (exact) mass is 187 g/mol. The summed E-state index contributed by atoms with van der Waals surface area (Å²) in [6.45, 7) is 0.583. The maximum atomic E-state index is 9.37. The van der Waals surface area contributed by atoms with Gasteiger partial charge in [-0.15, -0.1) is 6.42 Å². The Morgan fingerprint density at radius 1 is 1.57 bits per heavy atom. The minimum Gasteiger partial charge on any atom is -0.508 e. The standard InChI is InChI=1S/C12H13NO/c1-2-7-13-12-6-4-9-3-5-10(14)8-11(9)12/h1,3,5,8,12-14H,4,6-7H2. The van der Waals surface area contributed by atoms with Gasteiger partial charge in [0.25, 0.3) is 0 Å². The van der Waals surface area contributed by atoms with Crippen molar-refractivity contribution in [1.82, 2.24) is 5.32 Å². The smallest absolute Gasteiger partial charge is 0.115 e. The van der Waals surface area contributed by atoms with Gasteiger partial charge in [0.2, 0.25) is 0 Å². The highest BCUT2D eigenvalue weighted by molar-refractivity contribution is 5.40. The Labute approximate surface area is 84.0 Å². The number of fused-ring (bicyclic) bond motifs is 1. The maximum absolute atomic E-state index is 9.37. The van der Waals surface area contributed by atoms with Crippen LogP contribution in [0.4, 0.5) is 0 Å². The number of hydrogen-bond acceptors (Lipinski definition) is 2. The average molecular weight is 187 g/mol. The van der Waals surface area contributed by atoms with E-state index in [2.05, 4.69) is 11.2 Å². The van der Waals surface area contributed by atoms with Gasteiger partial charge in [-0.3, -0.25) is 5.32 Å². The molecule has 0 spiro atoms. The van der Waals surface area contributed by atoms with Gasteiger partial charge in [-0.2, -0.15) is 0 Å². The fourth-order valence-electron chi connectivity index (χ4n) is 1.98. The zero-order valence-electron chi connectivity index (χ0n) is 7.96. The van der Waals surface area contributed by atoms with E-state index in [1.165, 1.54) is 11.1 Å². The number of phenolic OH excluding ortho intramolecular Hbond substituents is 1. The number of nitrogens with one attached hydrogen (secondary N) is 1. The van der Waals surface area contributed by atoms with Crippen LogP contribution in [0, 0.1) is 12.3 Å². The molecule has 0 aromatic heterocycles. The average Bonchev–Trinajstić information content (AvgIpc) is 2.57. The highest BCUT2D eigenvalue weighted by Gasteiger charge is 2.21.